The van der Waals surface area contributed by atoms with E-state index in [9.17, 15) is 9.59 Å². The van der Waals surface area contributed by atoms with Gasteiger partial charge in [0.1, 0.15) is 17.2 Å². The van der Waals surface area contributed by atoms with Crippen molar-refractivity contribution in [2.75, 3.05) is 33.8 Å². The first-order chi connectivity index (χ1) is 16.0. The molecule has 1 fully saturated rings. The van der Waals surface area contributed by atoms with E-state index >= 15 is 0 Å². The van der Waals surface area contributed by atoms with E-state index in [4.69, 9.17) is 9.26 Å². The molecule has 1 atom stereocenters. The van der Waals surface area contributed by atoms with Gasteiger partial charge in [-0.15, -0.1) is 0 Å². The third-order valence-corrected chi connectivity index (χ3v) is 6.04. The lowest BCUT2D eigenvalue weighted by molar-refractivity contribution is -0.148. The second kappa shape index (κ2) is 9.90. The summed E-state index contributed by atoms with van der Waals surface area (Å²) in [4.78, 5) is 29.6. The number of rotatable bonds is 7. The molecular weight excluding hydrogens is 418 g/mol. The van der Waals surface area contributed by atoms with Gasteiger partial charge in [-0.25, -0.2) is 0 Å². The summed E-state index contributed by atoms with van der Waals surface area (Å²) in [6, 6.07) is 20.9. The highest BCUT2D eigenvalue weighted by Gasteiger charge is 2.45. The molecule has 4 rings (SSSR count). The molecule has 0 bridgehead atoms. The van der Waals surface area contributed by atoms with Crippen LogP contribution in [0, 0.1) is 5.41 Å². The van der Waals surface area contributed by atoms with Gasteiger partial charge in [0.05, 0.1) is 5.41 Å². The Morgan fingerprint density at radius 2 is 1.79 bits per heavy atom. The maximum atomic E-state index is 13.3. The van der Waals surface area contributed by atoms with Crippen molar-refractivity contribution in [1.29, 1.82) is 0 Å². The van der Waals surface area contributed by atoms with Crippen molar-refractivity contribution < 1.29 is 18.8 Å². The van der Waals surface area contributed by atoms with Crippen LogP contribution in [0.1, 0.15) is 18.6 Å². The fourth-order valence-corrected chi connectivity index (χ4v) is 4.44. The lowest BCUT2D eigenvalue weighted by Gasteiger charge is -2.42. The van der Waals surface area contributed by atoms with Crippen molar-refractivity contribution in [2.24, 2.45) is 5.41 Å². The number of piperidine rings is 1. The maximum Gasteiger partial charge on any atom is 0.260 e. The van der Waals surface area contributed by atoms with Crippen molar-refractivity contribution in [3.8, 4) is 17.0 Å². The highest BCUT2D eigenvalue weighted by molar-refractivity contribution is 5.85. The second-order valence-electron chi connectivity index (χ2n) is 8.72. The summed E-state index contributed by atoms with van der Waals surface area (Å²) in [6.07, 6.45) is 1.79. The summed E-state index contributed by atoms with van der Waals surface area (Å²) in [5.74, 6) is 1.14. The summed E-state index contributed by atoms with van der Waals surface area (Å²) >= 11 is 0. The van der Waals surface area contributed by atoms with Gasteiger partial charge in [0, 0.05) is 45.2 Å². The van der Waals surface area contributed by atoms with Gasteiger partial charge < -0.3 is 19.1 Å². The fraction of sp³-hybridized carbons (Fsp3) is 0.346. The second-order valence-corrected chi connectivity index (χ2v) is 8.72. The topological polar surface area (TPSA) is 75.9 Å². The number of para-hydroxylation sites is 1. The molecular formula is C26H29N3O4. The lowest BCUT2D eigenvalue weighted by atomic mass is 9.75. The van der Waals surface area contributed by atoms with E-state index in [0.29, 0.717) is 37.4 Å². The van der Waals surface area contributed by atoms with Crippen LogP contribution in [0.5, 0.6) is 5.75 Å². The van der Waals surface area contributed by atoms with Crippen LogP contribution in [0.4, 0.5) is 0 Å². The van der Waals surface area contributed by atoms with Crippen molar-refractivity contribution in [2.45, 2.75) is 19.3 Å². The summed E-state index contributed by atoms with van der Waals surface area (Å²) in [5, 5.41) is 4.20. The molecule has 172 valence electrons. The number of nitrogens with zero attached hydrogens (tertiary/aromatic N) is 3. The molecule has 2 heterocycles. The van der Waals surface area contributed by atoms with Crippen molar-refractivity contribution >= 4 is 11.8 Å². The van der Waals surface area contributed by atoms with E-state index in [-0.39, 0.29) is 18.4 Å². The number of likely N-dealkylation sites (tertiary alicyclic amines) is 1. The number of benzene rings is 2. The number of carbonyl (C=O) groups is 2. The van der Waals surface area contributed by atoms with Crippen LogP contribution in [0.3, 0.4) is 0 Å². The molecule has 0 aliphatic carbocycles. The van der Waals surface area contributed by atoms with Crippen LogP contribution in [-0.4, -0.2) is 60.6 Å². The highest BCUT2D eigenvalue weighted by atomic mass is 16.5. The first-order valence-electron chi connectivity index (χ1n) is 11.2. The number of amides is 2. The molecule has 1 saturated heterocycles. The molecule has 0 unspecified atom stereocenters. The minimum absolute atomic E-state index is 0.0124. The lowest BCUT2D eigenvalue weighted by Crippen LogP contribution is -2.54. The largest absolute Gasteiger partial charge is 0.484 e. The summed E-state index contributed by atoms with van der Waals surface area (Å²) in [5.41, 5.74) is 0.925. The molecule has 0 radical (unpaired) electrons. The third kappa shape index (κ3) is 5.25. The average Bonchev–Trinajstić information content (AvgIpc) is 3.31. The maximum absolute atomic E-state index is 13.3. The number of ether oxygens (including phenoxy) is 1. The van der Waals surface area contributed by atoms with Crippen molar-refractivity contribution in [3.63, 3.8) is 0 Å². The van der Waals surface area contributed by atoms with Gasteiger partial charge in [0.15, 0.2) is 6.61 Å². The summed E-state index contributed by atoms with van der Waals surface area (Å²) in [6.45, 7) is 0.865. The fourth-order valence-electron chi connectivity index (χ4n) is 4.44. The average molecular weight is 448 g/mol. The smallest absolute Gasteiger partial charge is 0.260 e. The predicted molar refractivity (Wildman–Crippen MR) is 125 cm³/mol. The van der Waals surface area contributed by atoms with Gasteiger partial charge in [-0.3, -0.25) is 9.59 Å². The van der Waals surface area contributed by atoms with E-state index in [0.717, 1.165) is 17.7 Å². The van der Waals surface area contributed by atoms with E-state index in [2.05, 4.69) is 5.16 Å². The Bertz CT molecular complexity index is 1080. The molecule has 1 aromatic heterocycles. The van der Waals surface area contributed by atoms with E-state index in [1.165, 1.54) is 0 Å². The molecule has 3 aromatic rings. The number of aromatic nitrogens is 1. The Kier molecular flexibility index (Phi) is 6.77. The Labute approximate surface area is 193 Å². The first kappa shape index (κ1) is 22.6. The SMILES string of the molecule is CN(C)C(=O)[C@@]1(Cc2cc(-c3ccccc3)no2)CCCN(C(=O)COc2ccccc2)C1. The van der Waals surface area contributed by atoms with E-state index in [1.54, 1.807) is 23.9 Å². The third-order valence-electron chi connectivity index (χ3n) is 6.04. The number of carbonyl (C=O) groups excluding carboxylic acids is 2. The Morgan fingerprint density at radius 1 is 1.09 bits per heavy atom. The zero-order chi connectivity index (χ0) is 23.3. The molecule has 1 aliphatic heterocycles. The normalized spacial score (nSPS) is 18.1. The number of hydrogen-bond donors (Lipinski definition) is 0. The Balaban J connectivity index is 1.51. The molecule has 0 spiro atoms. The van der Waals surface area contributed by atoms with Gasteiger partial charge in [-0.05, 0) is 25.0 Å². The molecule has 33 heavy (non-hydrogen) atoms. The van der Waals surface area contributed by atoms with Crippen LogP contribution in [0.15, 0.2) is 71.3 Å². The molecule has 1 aliphatic rings. The van der Waals surface area contributed by atoms with E-state index in [1.807, 2.05) is 66.7 Å². The van der Waals surface area contributed by atoms with Gasteiger partial charge >= 0.3 is 0 Å². The van der Waals surface area contributed by atoms with Crippen LogP contribution >= 0.6 is 0 Å². The number of hydrogen-bond acceptors (Lipinski definition) is 5. The highest BCUT2D eigenvalue weighted by Crippen LogP contribution is 2.36. The molecule has 0 N–H and O–H groups in total. The van der Waals surface area contributed by atoms with Gasteiger partial charge in [-0.1, -0.05) is 53.7 Å². The van der Waals surface area contributed by atoms with Crippen LogP contribution in [0.25, 0.3) is 11.3 Å². The molecule has 7 nitrogen and oxygen atoms in total. The van der Waals surface area contributed by atoms with Crippen LogP contribution in [-0.2, 0) is 16.0 Å². The zero-order valence-corrected chi connectivity index (χ0v) is 19.1. The predicted octanol–water partition coefficient (Wildman–Crippen LogP) is 3.66. The van der Waals surface area contributed by atoms with Gasteiger partial charge in [-0.2, -0.15) is 0 Å². The van der Waals surface area contributed by atoms with Gasteiger partial charge in [0.25, 0.3) is 5.91 Å². The Hall–Kier alpha value is -3.61. The van der Waals surface area contributed by atoms with Crippen LogP contribution in [0.2, 0.25) is 0 Å². The summed E-state index contributed by atoms with van der Waals surface area (Å²) in [7, 11) is 3.50. The molecule has 0 saturated carbocycles. The first-order valence-corrected chi connectivity index (χ1v) is 11.2. The minimum atomic E-state index is -0.766. The van der Waals surface area contributed by atoms with Crippen LogP contribution < -0.4 is 4.74 Å². The van der Waals surface area contributed by atoms with Gasteiger partial charge in [0.2, 0.25) is 5.91 Å². The standard InChI is InChI=1S/C26H29N3O4/c1-28(2)25(31)26(17-22-16-23(27-33-22)20-10-5-3-6-11-20)14-9-15-29(19-26)24(30)18-32-21-12-7-4-8-13-21/h3-8,10-13,16H,9,14-15,17-19H2,1-2H3/t26-/m1/s1. The quantitative estimate of drug-likeness (QED) is 0.553. The minimum Gasteiger partial charge on any atom is -0.484 e. The Morgan fingerprint density at radius 3 is 2.48 bits per heavy atom. The molecule has 2 amide bonds. The zero-order valence-electron chi connectivity index (χ0n) is 19.1. The summed E-state index contributed by atoms with van der Waals surface area (Å²) < 4.78 is 11.3. The molecule has 7 heteroatoms. The van der Waals surface area contributed by atoms with Crippen molar-refractivity contribution in [3.05, 3.63) is 72.5 Å². The van der Waals surface area contributed by atoms with E-state index < -0.39 is 5.41 Å². The van der Waals surface area contributed by atoms with Crippen molar-refractivity contribution in [1.82, 2.24) is 15.0 Å². The monoisotopic (exact) mass is 447 g/mol. The molecule has 2 aromatic carbocycles.